The van der Waals surface area contributed by atoms with Gasteiger partial charge in [0.25, 0.3) is 5.91 Å². The lowest BCUT2D eigenvalue weighted by Crippen LogP contribution is -2.26. The van der Waals surface area contributed by atoms with Crippen molar-refractivity contribution in [2.45, 2.75) is 12.5 Å². The van der Waals surface area contributed by atoms with Crippen molar-refractivity contribution in [2.24, 2.45) is 5.10 Å². The smallest absolute Gasteiger partial charge is 0.284 e. The Morgan fingerprint density at radius 1 is 1.04 bits per heavy atom. The summed E-state index contributed by atoms with van der Waals surface area (Å²) in [5.74, 6) is 1.36. The van der Waals surface area contributed by atoms with Crippen LogP contribution in [0.25, 0.3) is 0 Å². The van der Waals surface area contributed by atoms with E-state index in [0.29, 0.717) is 17.0 Å². The predicted octanol–water partition coefficient (Wildman–Crippen LogP) is 4.47. The summed E-state index contributed by atoms with van der Waals surface area (Å²) in [6.45, 7) is 0.229. The van der Waals surface area contributed by atoms with Crippen LogP contribution >= 0.6 is 11.3 Å². The number of nitrogens with zero attached hydrogens (tertiary/aromatic N) is 2. The van der Waals surface area contributed by atoms with Crippen molar-refractivity contribution in [1.82, 2.24) is 5.01 Å². The second kappa shape index (κ2) is 6.55. The second-order valence-electron chi connectivity index (χ2n) is 6.37. The van der Waals surface area contributed by atoms with Gasteiger partial charge in [-0.05, 0) is 34.7 Å². The van der Waals surface area contributed by atoms with Gasteiger partial charge in [0, 0.05) is 6.42 Å². The minimum absolute atomic E-state index is 0.0846. The number of hydrogen-bond donors (Lipinski definition) is 0. The Kier molecular flexibility index (Phi) is 3.90. The van der Waals surface area contributed by atoms with Crippen LogP contribution in [-0.4, -0.2) is 23.4 Å². The Bertz CT molecular complexity index is 1020. The van der Waals surface area contributed by atoms with Crippen LogP contribution in [0.3, 0.4) is 0 Å². The highest BCUT2D eigenvalue weighted by Crippen LogP contribution is 2.39. The number of benzene rings is 2. The molecule has 3 heterocycles. The Morgan fingerprint density at radius 2 is 1.89 bits per heavy atom. The van der Waals surface area contributed by atoms with Crippen molar-refractivity contribution in [1.29, 1.82) is 0 Å². The lowest BCUT2D eigenvalue weighted by atomic mass is 9.98. The Labute approximate surface area is 160 Å². The van der Waals surface area contributed by atoms with Crippen molar-refractivity contribution in [3.8, 4) is 11.5 Å². The summed E-state index contributed by atoms with van der Waals surface area (Å²) >= 11 is 1.43. The van der Waals surface area contributed by atoms with Gasteiger partial charge >= 0.3 is 0 Å². The molecule has 134 valence electrons. The van der Waals surface area contributed by atoms with Gasteiger partial charge in [0.05, 0.1) is 16.6 Å². The predicted molar refractivity (Wildman–Crippen MR) is 103 cm³/mol. The van der Waals surface area contributed by atoms with Crippen molar-refractivity contribution < 1.29 is 14.3 Å². The van der Waals surface area contributed by atoms with Gasteiger partial charge in [0.15, 0.2) is 11.5 Å². The molecular weight excluding hydrogens is 360 g/mol. The minimum atomic E-state index is -0.177. The maximum Gasteiger partial charge on any atom is 0.284 e. The number of carbonyl (C=O) groups excluding carboxylic acids is 1. The SMILES string of the molecule is O=C(c1cccs1)N1N=C(c2ccccc2)C[C@@H]1c1ccc2c(c1)OCO2. The molecule has 2 aliphatic rings. The first-order valence-corrected chi connectivity index (χ1v) is 9.57. The van der Waals surface area contributed by atoms with Crippen molar-refractivity contribution >= 4 is 23.0 Å². The van der Waals surface area contributed by atoms with E-state index in [-0.39, 0.29) is 18.7 Å². The van der Waals surface area contributed by atoms with Crippen molar-refractivity contribution in [3.05, 3.63) is 82.0 Å². The molecule has 0 radical (unpaired) electrons. The molecule has 1 amide bonds. The van der Waals surface area contributed by atoms with Crippen LogP contribution in [0.1, 0.15) is 33.3 Å². The van der Waals surface area contributed by atoms with E-state index in [4.69, 9.17) is 14.6 Å². The number of ether oxygens (including phenoxy) is 2. The maximum atomic E-state index is 13.1. The number of thiophene rings is 1. The van der Waals surface area contributed by atoms with Crippen LogP contribution in [0.2, 0.25) is 0 Å². The summed E-state index contributed by atoms with van der Waals surface area (Å²) in [6, 6.07) is 19.4. The fraction of sp³-hybridized carbons (Fsp3) is 0.143. The van der Waals surface area contributed by atoms with Crippen LogP contribution in [0.5, 0.6) is 11.5 Å². The van der Waals surface area contributed by atoms with E-state index in [2.05, 4.69) is 0 Å². The van der Waals surface area contributed by atoms with E-state index in [9.17, 15) is 4.79 Å². The second-order valence-corrected chi connectivity index (χ2v) is 7.32. The van der Waals surface area contributed by atoms with Gasteiger partial charge in [-0.2, -0.15) is 5.10 Å². The number of hydrogen-bond acceptors (Lipinski definition) is 5. The van der Waals surface area contributed by atoms with Crippen LogP contribution in [-0.2, 0) is 0 Å². The summed E-state index contributed by atoms with van der Waals surface area (Å²) in [7, 11) is 0. The van der Waals surface area contributed by atoms with E-state index in [1.807, 2.05) is 66.0 Å². The van der Waals surface area contributed by atoms with E-state index < -0.39 is 0 Å². The van der Waals surface area contributed by atoms with Crippen LogP contribution < -0.4 is 9.47 Å². The molecule has 2 aliphatic heterocycles. The van der Waals surface area contributed by atoms with Gasteiger partial charge in [-0.25, -0.2) is 5.01 Å². The number of amides is 1. The molecule has 0 unspecified atom stereocenters. The summed E-state index contributed by atoms with van der Waals surface area (Å²) in [4.78, 5) is 13.8. The molecule has 27 heavy (non-hydrogen) atoms. The molecule has 6 heteroatoms. The first kappa shape index (κ1) is 16.1. The molecule has 2 aromatic carbocycles. The summed E-state index contributed by atoms with van der Waals surface area (Å²) < 4.78 is 10.9. The monoisotopic (exact) mass is 376 g/mol. The average Bonchev–Trinajstić information content (AvgIpc) is 3.47. The molecule has 5 rings (SSSR count). The third-order valence-electron chi connectivity index (χ3n) is 4.74. The fourth-order valence-corrected chi connectivity index (χ4v) is 4.05. The first-order valence-electron chi connectivity index (χ1n) is 8.69. The number of carbonyl (C=O) groups is 1. The van der Waals surface area contributed by atoms with Crippen LogP contribution in [0.4, 0.5) is 0 Å². The molecule has 5 nitrogen and oxygen atoms in total. The Morgan fingerprint density at radius 3 is 2.70 bits per heavy atom. The zero-order valence-corrected chi connectivity index (χ0v) is 15.2. The fourth-order valence-electron chi connectivity index (χ4n) is 3.40. The highest BCUT2D eigenvalue weighted by molar-refractivity contribution is 7.12. The van der Waals surface area contributed by atoms with Gasteiger partial charge in [-0.15, -0.1) is 11.3 Å². The molecule has 0 saturated carbocycles. The molecule has 1 aromatic heterocycles. The third kappa shape index (κ3) is 2.88. The zero-order chi connectivity index (χ0) is 18.2. The third-order valence-corrected chi connectivity index (χ3v) is 5.60. The van der Waals surface area contributed by atoms with Crippen molar-refractivity contribution in [2.75, 3.05) is 6.79 Å². The molecule has 0 saturated heterocycles. The van der Waals surface area contributed by atoms with Crippen LogP contribution in [0, 0.1) is 0 Å². The van der Waals surface area contributed by atoms with E-state index in [1.165, 1.54) is 11.3 Å². The van der Waals surface area contributed by atoms with Gasteiger partial charge in [-0.3, -0.25) is 4.79 Å². The number of rotatable bonds is 3. The highest BCUT2D eigenvalue weighted by Gasteiger charge is 2.34. The molecule has 0 spiro atoms. The summed E-state index contributed by atoms with van der Waals surface area (Å²) in [5.41, 5.74) is 2.92. The van der Waals surface area contributed by atoms with Gasteiger partial charge in [0.1, 0.15) is 0 Å². The highest BCUT2D eigenvalue weighted by atomic mass is 32.1. The topological polar surface area (TPSA) is 51.1 Å². The lowest BCUT2D eigenvalue weighted by molar-refractivity contribution is 0.0716. The maximum absolute atomic E-state index is 13.1. The average molecular weight is 376 g/mol. The molecular formula is C21H16N2O3S. The molecule has 0 aliphatic carbocycles. The van der Waals surface area contributed by atoms with Gasteiger partial charge in [0.2, 0.25) is 6.79 Å². The van der Waals surface area contributed by atoms with E-state index in [1.54, 1.807) is 5.01 Å². The van der Waals surface area contributed by atoms with Crippen molar-refractivity contribution in [3.63, 3.8) is 0 Å². The zero-order valence-electron chi connectivity index (χ0n) is 14.4. The Hall–Kier alpha value is -3.12. The number of hydrazone groups is 1. The summed E-state index contributed by atoms with van der Waals surface area (Å²) in [6.07, 6.45) is 0.654. The molecule has 3 aromatic rings. The quantitative estimate of drug-likeness (QED) is 0.678. The largest absolute Gasteiger partial charge is 0.454 e. The Balaban J connectivity index is 1.54. The molecule has 0 N–H and O–H groups in total. The van der Waals surface area contributed by atoms with Gasteiger partial charge in [-0.1, -0.05) is 42.5 Å². The van der Waals surface area contributed by atoms with E-state index in [0.717, 1.165) is 22.6 Å². The normalized spacial score (nSPS) is 17.9. The minimum Gasteiger partial charge on any atom is -0.454 e. The lowest BCUT2D eigenvalue weighted by Gasteiger charge is -2.21. The molecule has 0 bridgehead atoms. The first-order chi connectivity index (χ1) is 13.3. The standard InChI is InChI=1S/C21H16N2O3S/c24-21(20-7-4-10-27-20)23-17(12-16(22-23)14-5-2-1-3-6-14)15-8-9-18-19(11-15)26-13-25-18/h1-11,17H,12-13H2/t17-/m1/s1. The van der Waals surface area contributed by atoms with Crippen LogP contribution in [0.15, 0.2) is 71.1 Å². The molecule has 0 fully saturated rings. The molecule has 1 atom stereocenters. The van der Waals surface area contributed by atoms with Gasteiger partial charge < -0.3 is 9.47 Å². The number of fused-ring (bicyclic) bond motifs is 1. The van der Waals surface area contributed by atoms with E-state index >= 15 is 0 Å². The summed E-state index contributed by atoms with van der Waals surface area (Å²) in [5, 5.41) is 8.21.